The molecule has 1 aromatic heterocycles. The van der Waals surface area contributed by atoms with Gasteiger partial charge in [-0.25, -0.2) is 4.79 Å². The second-order valence-corrected chi connectivity index (χ2v) is 5.44. The Bertz CT molecular complexity index is 756. The SMILES string of the molecule is Cc1nn(C)c(N)c1C(=O)OCC(=O)c1ccc(Cl)cc1Cl. The number of halogens is 2. The molecule has 1 heterocycles. The van der Waals surface area contributed by atoms with Crippen LogP contribution in [0.4, 0.5) is 5.82 Å². The van der Waals surface area contributed by atoms with E-state index in [-0.39, 0.29) is 22.0 Å². The molecule has 0 unspecified atom stereocenters. The summed E-state index contributed by atoms with van der Waals surface area (Å²) in [4.78, 5) is 24.0. The van der Waals surface area contributed by atoms with E-state index in [2.05, 4.69) is 5.10 Å². The molecule has 8 heteroatoms. The number of hydrogen-bond donors (Lipinski definition) is 1. The average molecular weight is 342 g/mol. The van der Waals surface area contributed by atoms with Crippen LogP contribution in [0.1, 0.15) is 26.4 Å². The van der Waals surface area contributed by atoms with Crippen molar-refractivity contribution in [2.45, 2.75) is 6.92 Å². The maximum absolute atomic E-state index is 12.0. The first-order valence-electron chi connectivity index (χ1n) is 6.25. The van der Waals surface area contributed by atoms with E-state index in [0.717, 1.165) is 0 Å². The lowest BCUT2D eigenvalue weighted by Crippen LogP contribution is -2.16. The van der Waals surface area contributed by atoms with Gasteiger partial charge >= 0.3 is 5.97 Å². The predicted molar refractivity (Wildman–Crippen MR) is 83.4 cm³/mol. The molecular weight excluding hydrogens is 329 g/mol. The summed E-state index contributed by atoms with van der Waals surface area (Å²) in [5, 5.41) is 4.62. The normalized spacial score (nSPS) is 10.5. The molecule has 6 nitrogen and oxygen atoms in total. The zero-order valence-corrected chi connectivity index (χ0v) is 13.4. The third-order valence-electron chi connectivity index (χ3n) is 3.04. The highest BCUT2D eigenvalue weighted by Gasteiger charge is 2.21. The molecule has 0 amide bonds. The van der Waals surface area contributed by atoms with Crippen LogP contribution in [0.25, 0.3) is 0 Å². The van der Waals surface area contributed by atoms with Crippen molar-refractivity contribution < 1.29 is 14.3 Å². The summed E-state index contributed by atoms with van der Waals surface area (Å²) in [6.07, 6.45) is 0. The van der Waals surface area contributed by atoms with E-state index >= 15 is 0 Å². The van der Waals surface area contributed by atoms with Gasteiger partial charge in [0.1, 0.15) is 11.4 Å². The molecule has 1 aromatic carbocycles. The monoisotopic (exact) mass is 341 g/mol. The van der Waals surface area contributed by atoms with Gasteiger partial charge in [0.05, 0.1) is 10.7 Å². The van der Waals surface area contributed by atoms with Gasteiger partial charge in [-0.2, -0.15) is 5.10 Å². The lowest BCUT2D eigenvalue weighted by molar-refractivity contribution is 0.0475. The van der Waals surface area contributed by atoms with Gasteiger partial charge in [0, 0.05) is 17.6 Å². The van der Waals surface area contributed by atoms with Crippen LogP contribution in [0, 0.1) is 6.92 Å². The molecule has 2 rings (SSSR count). The molecule has 0 bridgehead atoms. The molecule has 0 aliphatic carbocycles. The minimum Gasteiger partial charge on any atom is -0.454 e. The molecule has 0 atom stereocenters. The van der Waals surface area contributed by atoms with Crippen molar-refractivity contribution in [3.8, 4) is 0 Å². The van der Waals surface area contributed by atoms with Crippen molar-refractivity contribution in [1.82, 2.24) is 9.78 Å². The van der Waals surface area contributed by atoms with Gasteiger partial charge in [0.25, 0.3) is 0 Å². The second-order valence-electron chi connectivity index (χ2n) is 4.59. The van der Waals surface area contributed by atoms with Crippen LogP contribution in [0.3, 0.4) is 0 Å². The summed E-state index contributed by atoms with van der Waals surface area (Å²) in [6, 6.07) is 4.46. The number of rotatable bonds is 4. The number of carbonyl (C=O) groups is 2. The molecule has 2 aromatic rings. The number of ketones is 1. The zero-order valence-electron chi connectivity index (χ0n) is 11.9. The Kier molecular flexibility index (Phi) is 4.73. The number of Topliss-reactive ketones (excluding diaryl/α,β-unsaturated/α-hetero) is 1. The van der Waals surface area contributed by atoms with Gasteiger partial charge in [-0.1, -0.05) is 23.2 Å². The van der Waals surface area contributed by atoms with Gasteiger partial charge in [0.15, 0.2) is 6.61 Å². The van der Waals surface area contributed by atoms with Crippen LogP contribution < -0.4 is 5.73 Å². The number of carbonyl (C=O) groups excluding carboxylic acids is 2. The Morgan fingerprint density at radius 3 is 2.59 bits per heavy atom. The van der Waals surface area contributed by atoms with Crippen molar-refractivity contribution >= 4 is 40.8 Å². The van der Waals surface area contributed by atoms with Gasteiger partial charge in [-0.05, 0) is 25.1 Å². The van der Waals surface area contributed by atoms with Crippen LogP contribution in [0.2, 0.25) is 10.0 Å². The van der Waals surface area contributed by atoms with E-state index in [4.69, 9.17) is 33.7 Å². The minimum atomic E-state index is -0.707. The number of esters is 1. The topological polar surface area (TPSA) is 87.2 Å². The van der Waals surface area contributed by atoms with E-state index < -0.39 is 18.4 Å². The largest absolute Gasteiger partial charge is 0.454 e. The lowest BCUT2D eigenvalue weighted by atomic mass is 10.1. The van der Waals surface area contributed by atoms with Crippen molar-refractivity contribution in [3.05, 3.63) is 45.1 Å². The maximum Gasteiger partial charge on any atom is 0.344 e. The number of anilines is 1. The number of hydrogen-bond acceptors (Lipinski definition) is 5. The van der Waals surface area contributed by atoms with Crippen molar-refractivity contribution in [2.24, 2.45) is 7.05 Å². The summed E-state index contributed by atoms with van der Waals surface area (Å²) >= 11 is 11.7. The Morgan fingerprint density at radius 1 is 1.36 bits per heavy atom. The van der Waals surface area contributed by atoms with Crippen molar-refractivity contribution in [1.29, 1.82) is 0 Å². The number of nitrogens with two attached hydrogens (primary N) is 1. The van der Waals surface area contributed by atoms with E-state index in [0.29, 0.717) is 10.7 Å². The van der Waals surface area contributed by atoms with Crippen LogP contribution in [-0.2, 0) is 11.8 Å². The Labute approximate surface area is 136 Å². The second kappa shape index (κ2) is 6.37. The van der Waals surface area contributed by atoms with E-state index in [1.54, 1.807) is 14.0 Å². The maximum atomic E-state index is 12.0. The quantitative estimate of drug-likeness (QED) is 0.682. The summed E-state index contributed by atoms with van der Waals surface area (Å²) in [7, 11) is 1.61. The smallest absolute Gasteiger partial charge is 0.344 e. The fourth-order valence-corrected chi connectivity index (χ4v) is 2.44. The third-order valence-corrected chi connectivity index (χ3v) is 3.58. The standard InChI is InChI=1S/C14H13Cl2N3O3/c1-7-12(13(17)19(2)18-7)14(21)22-6-11(20)9-4-3-8(15)5-10(9)16/h3-5H,6,17H2,1-2H3. The molecule has 0 aliphatic rings. The highest BCUT2D eigenvalue weighted by molar-refractivity contribution is 6.36. The molecule has 0 spiro atoms. The minimum absolute atomic E-state index is 0.150. The Hall–Kier alpha value is -2.05. The molecule has 0 fully saturated rings. The van der Waals surface area contributed by atoms with Crippen LogP contribution >= 0.6 is 23.2 Å². The van der Waals surface area contributed by atoms with Crippen molar-refractivity contribution in [3.63, 3.8) is 0 Å². The van der Waals surface area contributed by atoms with Crippen LogP contribution in [-0.4, -0.2) is 28.1 Å². The van der Waals surface area contributed by atoms with Gasteiger partial charge in [0.2, 0.25) is 5.78 Å². The summed E-state index contributed by atoms with van der Waals surface area (Å²) in [6.45, 7) is 1.18. The molecule has 22 heavy (non-hydrogen) atoms. The zero-order chi connectivity index (χ0) is 16.4. The molecule has 2 N–H and O–H groups in total. The fraction of sp³-hybridized carbons (Fsp3) is 0.214. The number of ether oxygens (including phenoxy) is 1. The Morgan fingerprint density at radius 2 is 2.05 bits per heavy atom. The summed E-state index contributed by atoms with van der Waals surface area (Å²) in [5.74, 6) is -0.962. The molecule has 0 saturated heterocycles. The lowest BCUT2D eigenvalue weighted by Gasteiger charge is -2.06. The molecule has 0 aliphatic heterocycles. The summed E-state index contributed by atoms with van der Waals surface area (Å²) in [5.41, 5.74) is 6.56. The number of nitrogen functional groups attached to an aromatic ring is 1. The highest BCUT2D eigenvalue weighted by Crippen LogP contribution is 2.22. The predicted octanol–water partition coefficient (Wildman–Crippen LogP) is 2.66. The van der Waals surface area contributed by atoms with Crippen LogP contribution in [0.15, 0.2) is 18.2 Å². The van der Waals surface area contributed by atoms with Gasteiger partial charge in [-0.3, -0.25) is 9.48 Å². The molecule has 116 valence electrons. The van der Waals surface area contributed by atoms with Gasteiger partial charge < -0.3 is 10.5 Å². The Balaban J connectivity index is 2.09. The van der Waals surface area contributed by atoms with Crippen molar-refractivity contribution in [2.75, 3.05) is 12.3 Å². The molecule has 0 radical (unpaired) electrons. The highest BCUT2D eigenvalue weighted by atomic mass is 35.5. The first-order chi connectivity index (χ1) is 10.3. The molecular formula is C14H13Cl2N3O3. The van der Waals surface area contributed by atoms with Gasteiger partial charge in [-0.15, -0.1) is 0 Å². The first-order valence-corrected chi connectivity index (χ1v) is 7.01. The third kappa shape index (κ3) is 3.23. The number of aromatic nitrogens is 2. The number of aryl methyl sites for hydroxylation is 2. The molecule has 0 saturated carbocycles. The average Bonchev–Trinajstić information content (AvgIpc) is 2.69. The van der Waals surface area contributed by atoms with Crippen LogP contribution in [0.5, 0.6) is 0 Å². The number of benzene rings is 1. The number of nitrogens with zero attached hydrogens (tertiary/aromatic N) is 2. The van der Waals surface area contributed by atoms with E-state index in [1.807, 2.05) is 0 Å². The fourth-order valence-electron chi connectivity index (χ4n) is 1.92. The summed E-state index contributed by atoms with van der Waals surface area (Å²) < 4.78 is 6.36. The first kappa shape index (κ1) is 16.3. The van der Waals surface area contributed by atoms with E-state index in [9.17, 15) is 9.59 Å². The van der Waals surface area contributed by atoms with E-state index in [1.165, 1.54) is 22.9 Å².